The quantitative estimate of drug-likeness (QED) is 0.153. The highest BCUT2D eigenvalue weighted by atomic mass is 79.9. The Hall–Kier alpha value is -5.31. The number of amides is 2. The smallest absolute Gasteiger partial charge is 0.337 e. The molecule has 51 heavy (non-hydrogen) atoms. The maximum Gasteiger partial charge on any atom is 0.337 e. The number of esters is 1. The van der Waals surface area contributed by atoms with Crippen LogP contribution in [0.15, 0.2) is 77.8 Å². The largest absolute Gasteiger partial charge is 0.465 e. The minimum atomic E-state index is -0.493. The highest BCUT2D eigenvalue weighted by molar-refractivity contribution is 9.10. The Kier molecular flexibility index (Phi) is 12.9. The summed E-state index contributed by atoms with van der Waals surface area (Å²) in [6.45, 7) is 8.25. The van der Waals surface area contributed by atoms with Crippen molar-refractivity contribution in [1.82, 2.24) is 39.3 Å². The van der Waals surface area contributed by atoms with Crippen LogP contribution in [0.2, 0.25) is 0 Å². The summed E-state index contributed by atoms with van der Waals surface area (Å²) in [5.41, 5.74) is 2.80. The highest BCUT2D eigenvalue weighted by Gasteiger charge is 2.24. The van der Waals surface area contributed by atoms with E-state index in [1.165, 1.54) is 41.3 Å². The van der Waals surface area contributed by atoms with Gasteiger partial charge in [-0.25, -0.2) is 23.5 Å². The molecule has 5 rings (SSSR count). The Morgan fingerprint density at radius 1 is 0.765 bits per heavy atom. The number of halogens is 3. The molecule has 0 spiro atoms. The molecule has 0 bridgehead atoms. The molecular formula is C36H39BrF2N8O4. The van der Waals surface area contributed by atoms with Crippen molar-refractivity contribution in [1.29, 1.82) is 0 Å². The van der Waals surface area contributed by atoms with E-state index in [2.05, 4.69) is 36.1 Å². The number of carbonyl (C=O) groups excluding carboxylic acids is 3. The Morgan fingerprint density at radius 2 is 1.27 bits per heavy atom. The van der Waals surface area contributed by atoms with Crippen molar-refractivity contribution in [2.75, 3.05) is 7.11 Å². The van der Waals surface area contributed by atoms with Gasteiger partial charge in [-0.2, -0.15) is 0 Å². The van der Waals surface area contributed by atoms with E-state index in [-0.39, 0.29) is 47.9 Å². The molecule has 2 aromatic heterocycles. The first-order valence-electron chi connectivity index (χ1n) is 15.9. The SMILES string of the molecule is CC(C)N(Cc1ccc(F)c(Br)c1)C(=O)c1ncn(C)n1.COC(=O)c1cccc(-c2cc(CN(C(=O)c3ncn(C)n3)C(C)C)ccc2F)c1. The first-order chi connectivity index (χ1) is 24.2. The number of hydrogen-bond acceptors (Lipinski definition) is 8. The fourth-order valence-corrected chi connectivity index (χ4v) is 5.39. The molecule has 0 radical (unpaired) electrons. The van der Waals surface area contributed by atoms with Crippen LogP contribution in [-0.2, 0) is 31.9 Å². The van der Waals surface area contributed by atoms with Crippen molar-refractivity contribution in [3.05, 3.63) is 118 Å². The molecule has 5 aromatic rings. The van der Waals surface area contributed by atoms with Crippen LogP contribution in [0.25, 0.3) is 11.1 Å². The molecule has 12 nitrogen and oxygen atoms in total. The van der Waals surface area contributed by atoms with Crippen molar-refractivity contribution in [2.45, 2.75) is 52.9 Å². The Labute approximate surface area is 303 Å². The molecule has 0 fully saturated rings. The van der Waals surface area contributed by atoms with Crippen LogP contribution in [0.1, 0.15) is 70.4 Å². The van der Waals surface area contributed by atoms with E-state index >= 15 is 0 Å². The van der Waals surface area contributed by atoms with Gasteiger partial charge in [-0.15, -0.1) is 10.2 Å². The maximum absolute atomic E-state index is 14.6. The van der Waals surface area contributed by atoms with Crippen LogP contribution in [0.4, 0.5) is 8.78 Å². The van der Waals surface area contributed by atoms with Crippen molar-refractivity contribution >= 4 is 33.7 Å². The van der Waals surface area contributed by atoms with Gasteiger partial charge in [-0.05, 0) is 96.7 Å². The Bertz CT molecular complexity index is 2010. The highest BCUT2D eigenvalue weighted by Crippen LogP contribution is 2.26. The van der Waals surface area contributed by atoms with Crippen LogP contribution in [-0.4, -0.2) is 76.3 Å². The minimum Gasteiger partial charge on any atom is -0.465 e. The van der Waals surface area contributed by atoms with E-state index < -0.39 is 11.8 Å². The first kappa shape index (κ1) is 38.5. The number of carbonyl (C=O) groups is 3. The van der Waals surface area contributed by atoms with Crippen LogP contribution in [0, 0.1) is 11.6 Å². The fourth-order valence-electron chi connectivity index (χ4n) is 4.96. The summed E-state index contributed by atoms with van der Waals surface area (Å²) < 4.78 is 35.9. The second-order valence-electron chi connectivity index (χ2n) is 12.2. The molecular weight excluding hydrogens is 726 g/mol. The summed E-state index contributed by atoms with van der Waals surface area (Å²) in [5, 5.41) is 8.11. The Balaban J connectivity index is 0.000000244. The molecule has 0 unspecified atom stereocenters. The van der Waals surface area contributed by atoms with Gasteiger partial charge in [0.2, 0.25) is 11.6 Å². The summed E-state index contributed by atoms with van der Waals surface area (Å²) in [5.74, 6) is -1.52. The molecule has 3 aromatic carbocycles. The maximum atomic E-state index is 14.6. The molecule has 268 valence electrons. The van der Waals surface area contributed by atoms with E-state index in [0.717, 1.165) is 11.1 Å². The second kappa shape index (κ2) is 17.1. The van der Waals surface area contributed by atoms with Crippen molar-refractivity contribution in [2.24, 2.45) is 14.1 Å². The van der Waals surface area contributed by atoms with E-state index in [9.17, 15) is 23.2 Å². The summed E-state index contributed by atoms with van der Waals surface area (Å²) >= 11 is 3.15. The van der Waals surface area contributed by atoms with Gasteiger partial charge in [0.15, 0.2) is 0 Å². The number of nitrogens with zero attached hydrogens (tertiary/aromatic N) is 8. The van der Waals surface area contributed by atoms with Crippen molar-refractivity contribution in [3.63, 3.8) is 0 Å². The van der Waals surface area contributed by atoms with E-state index in [0.29, 0.717) is 27.7 Å². The van der Waals surface area contributed by atoms with Crippen molar-refractivity contribution < 1.29 is 27.9 Å². The van der Waals surface area contributed by atoms with Crippen LogP contribution < -0.4 is 0 Å². The van der Waals surface area contributed by atoms with E-state index in [1.807, 2.05) is 27.7 Å². The zero-order valence-electron chi connectivity index (χ0n) is 29.3. The lowest BCUT2D eigenvalue weighted by Crippen LogP contribution is -2.37. The van der Waals surface area contributed by atoms with E-state index in [1.54, 1.807) is 72.4 Å². The summed E-state index contributed by atoms with van der Waals surface area (Å²) in [4.78, 5) is 48.4. The van der Waals surface area contributed by atoms with Crippen LogP contribution in [0.3, 0.4) is 0 Å². The molecule has 2 heterocycles. The van der Waals surface area contributed by atoms with Gasteiger partial charge in [0.25, 0.3) is 11.8 Å². The van der Waals surface area contributed by atoms with Crippen LogP contribution in [0.5, 0.6) is 0 Å². The summed E-state index contributed by atoms with van der Waals surface area (Å²) in [6, 6.07) is 15.8. The average molecular weight is 766 g/mol. The molecule has 0 aliphatic rings. The molecule has 0 saturated carbocycles. The third kappa shape index (κ3) is 9.90. The third-order valence-corrected chi connectivity index (χ3v) is 8.27. The topological polar surface area (TPSA) is 128 Å². The number of ether oxygens (including phenoxy) is 1. The number of hydrogen-bond donors (Lipinski definition) is 0. The fraction of sp³-hybridized carbons (Fsp3) is 0.306. The molecule has 2 amide bonds. The molecule has 0 N–H and O–H groups in total. The number of rotatable bonds is 10. The minimum absolute atomic E-state index is 0.0230. The normalized spacial score (nSPS) is 10.9. The molecule has 0 atom stereocenters. The standard InChI is InChI=1S/C22H23FN4O3.C14H16BrFN4O/c1-14(2)27(21(28)20-24-13-26(3)25-20)12-15-8-9-19(23)18(10-15)16-6-5-7-17(11-16)22(29)30-4;1-9(2)20(14(21)13-17-8-19(3)18-13)7-10-4-5-12(16)11(15)6-10/h5-11,13-14H,12H2,1-4H3;4-6,8-9H,7H2,1-3H3. The number of aromatic nitrogens is 6. The van der Waals surface area contributed by atoms with Gasteiger partial charge in [-0.3, -0.25) is 19.0 Å². The molecule has 0 aliphatic heterocycles. The van der Waals surface area contributed by atoms with Gasteiger partial charge >= 0.3 is 5.97 Å². The van der Waals surface area contributed by atoms with Gasteiger partial charge in [-0.1, -0.05) is 24.3 Å². The van der Waals surface area contributed by atoms with Gasteiger partial charge in [0.05, 0.1) is 17.1 Å². The lowest BCUT2D eigenvalue weighted by Gasteiger charge is -2.26. The van der Waals surface area contributed by atoms with Gasteiger partial charge in [0.1, 0.15) is 24.3 Å². The van der Waals surface area contributed by atoms with Crippen LogP contribution >= 0.6 is 15.9 Å². The Morgan fingerprint density at radius 3 is 1.73 bits per heavy atom. The number of methoxy groups -OCH3 is 1. The van der Waals surface area contributed by atoms with Gasteiger partial charge in [0, 0.05) is 44.8 Å². The monoisotopic (exact) mass is 764 g/mol. The first-order valence-corrected chi connectivity index (χ1v) is 16.7. The molecule has 15 heteroatoms. The predicted octanol–water partition coefficient (Wildman–Crippen LogP) is 6.23. The molecule has 0 saturated heterocycles. The lowest BCUT2D eigenvalue weighted by molar-refractivity contribution is 0.0599. The predicted molar refractivity (Wildman–Crippen MR) is 189 cm³/mol. The van der Waals surface area contributed by atoms with Gasteiger partial charge < -0.3 is 14.5 Å². The van der Waals surface area contributed by atoms with Crippen molar-refractivity contribution in [3.8, 4) is 11.1 Å². The number of aryl methyl sites for hydroxylation is 2. The lowest BCUT2D eigenvalue weighted by atomic mass is 10.00. The zero-order chi connectivity index (χ0) is 37.4. The molecule has 0 aliphatic carbocycles. The summed E-state index contributed by atoms with van der Waals surface area (Å²) in [7, 11) is 4.70. The zero-order valence-corrected chi connectivity index (χ0v) is 30.9. The van der Waals surface area contributed by atoms with E-state index in [4.69, 9.17) is 4.74 Å². The number of benzene rings is 3. The summed E-state index contributed by atoms with van der Waals surface area (Å²) in [6.07, 6.45) is 2.95. The second-order valence-corrected chi connectivity index (χ2v) is 13.0. The third-order valence-electron chi connectivity index (χ3n) is 7.67. The average Bonchev–Trinajstić information content (AvgIpc) is 3.75.